The van der Waals surface area contributed by atoms with Gasteiger partial charge in [0.15, 0.2) is 0 Å². The lowest BCUT2D eigenvalue weighted by atomic mass is 9.99. The number of nitrogens with one attached hydrogen (secondary N) is 1. The van der Waals surface area contributed by atoms with Crippen molar-refractivity contribution in [2.24, 2.45) is 5.84 Å². The molecule has 2 atom stereocenters. The summed E-state index contributed by atoms with van der Waals surface area (Å²) in [5, 5.41) is 0. The van der Waals surface area contributed by atoms with E-state index in [-0.39, 0.29) is 18.0 Å². The van der Waals surface area contributed by atoms with Crippen molar-refractivity contribution >= 4 is 0 Å². The molecule has 0 amide bonds. The molecule has 0 radical (unpaired) electrons. The van der Waals surface area contributed by atoms with Gasteiger partial charge in [-0.3, -0.25) is 11.3 Å². The van der Waals surface area contributed by atoms with Gasteiger partial charge in [0.05, 0.1) is 18.8 Å². The maximum absolute atomic E-state index is 13.4. The van der Waals surface area contributed by atoms with Crippen LogP contribution in [-0.4, -0.2) is 37.7 Å². The van der Waals surface area contributed by atoms with Gasteiger partial charge in [0, 0.05) is 13.1 Å². The van der Waals surface area contributed by atoms with Crippen molar-refractivity contribution in [3.63, 3.8) is 0 Å². The highest BCUT2D eigenvalue weighted by Crippen LogP contribution is 2.23. The molecule has 1 aromatic rings. The second kappa shape index (κ2) is 5.75. The van der Waals surface area contributed by atoms with Gasteiger partial charge in [-0.1, -0.05) is 6.07 Å². The molecule has 1 saturated heterocycles. The summed E-state index contributed by atoms with van der Waals surface area (Å²) in [7, 11) is 2.04. The van der Waals surface area contributed by atoms with Gasteiger partial charge in [-0.05, 0) is 37.2 Å². The zero-order chi connectivity index (χ0) is 13.1. The molecule has 18 heavy (non-hydrogen) atoms. The predicted molar refractivity (Wildman–Crippen MR) is 68.4 cm³/mol. The normalized spacial score (nSPS) is 23.0. The molecule has 5 heteroatoms. The molecule has 2 unspecified atom stereocenters. The molecule has 0 saturated carbocycles. The first kappa shape index (κ1) is 13.4. The standard InChI is InChI=1S/C13H20FN3O/c1-9-5-10(7-11(14)6-9)13(16-15)12-8-17(2)3-4-18-12/h5-7,12-13,16H,3-4,8,15H2,1-2H3. The van der Waals surface area contributed by atoms with Crippen molar-refractivity contribution in [3.8, 4) is 0 Å². The summed E-state index contributed by atoms with van der Waals surface area (Å²) in [5.41, 5.74) is 4.46. The summed E-state index contributed by atoms with van der Waals surface area (Å²) in [6, 6.07) is 4.76. The van der Waals surface area contributed by atoms with Crippen molar-refractivity contribution in [2.75, 3.05) is 26.7 Å². The topological polar surface area (TPSA) is 50.5 Å². The molecular weight excluding hydrogens is 233 g/mol. The minimum Gasteiger partial charge on any atom is -0.374 e. The maximum atomic E-state index is 13.4. The minimum atomic E-state index is -0.241. The minimum absolute atomic E-state index is 0.0602. The number of nitrogens with zero attached hydrogens (tertiary/aromatic N) is 1. The van der Waals surface area contributed by atoms with Crippen molar-refractivity contribution in [1.82, 2.24) is 10.3 Å². The van der Waals surface area contributed by atoms with Crippen LogP contribution >= 0.6 is 0 Å². The van der Waals surface area contributed by atoms with Crippen LogP contribution in [0, 0.1) is 12.7 Å². The van der Waals surface area contributed by atoms with Crippen LogP contribution in [0.25, 0.3) is 0 Å². The van der Waals surface area contributed by atoms with Crippen LogP contribution in [0.2, 0.25) is 0 Å². The molecule has 3 N–H and O–H groups in total. The Morgan fingerprint density at radius 1 is 1.50 bits per heavy atom. The Balaban J connectivity index is 2.21. The number of hydrazine groups is 1. The molecule has 1 aromatic carbocycles. The molecule has 0 aromatic heterocycles. The molecule has 1 fully saturated rings. The second-order valence-corrected chi connectivity index (χ2v) is 4.88. The highest BCUT2D eigenvalue weighted by molar-refractivity contribution is 5.27. The quantitative estimate of drug-likeness (QED) is 0.622. The molecule has 0 spiro atoms. The van der Waals surface area contributed by atoms with E-state index in [9.17, 15) is 4.39 Å². The Kier molecular flexibility index (Phi) is 4.29. The van der Waals surface area contributed by atoms with Crippen LogP contribution < -0.4 is 11.3 Å². The Bertz CT molecular complexity index is 393. The van der Waals surface area contributed by atoms with Gasteiger partial charge >= 0.3 is 0 Å². The number of ether oxygens (including phenoxy) is 1. The molecule has 1 aliphatic rings. The fourth-order valence-electron chi connectivity index (χ4n) is 2.38. The summed E-state index contributed by atoms with van der Waals surface area (Å²) in [5.74, 6) is 5.37. The highest BCUT2D eigenvalue weighted by Gasteiger charge is 2.27. The van der Waals surface area contributed by atoms with Gasteiger partial charge < -0.3 is 9.64 Å². The van der Waals surface area contributed by atoms with E-state index in [2.05, 4.69) is 10.3 Å². The number of hydrogen-bond donors (Lipinski definition) is 2. The highest BCUT2D eigenvalue weighted by atomic mass is 19.1. The van der Waals surface area contributed by atoms with Crippen molar-refractivity contribution in [3.05, 3.63) is 35.1 Å². The lowest BCUT2D eigenvalue weighted by molar-refractivity contribution is -0.0393. The van der Waals surface area contributed by atoms with Crippen LogP contribution in [0.1, 0.15) is 17.2 Å². The van der Waals surface area contributed by atoms with E-state index in [0.717, 1.165) is 24.2 Å². The first-order valence-electron chi connectivity index (χ1n) is 6.13. The van der Waals surface area contributed by atoms with Gasteiger partial charge in [0.1, 0.15) is 5.82 Å². The molecular formula is C13H20FN3O. The van der Waals surface area contributed by atoms with Crippen molar-refractivity contribution in [2.45, 2.75) is 19.1 Å². The number of hydrogen-bond acceptors (Lipinski definition) is 4. The number of nitrogens with two attached hydrogens (primary N) is 1. The van der Waals surface area contributed by atoms with Crippen LogP contribution in [0.15, 0.2) is 18.2 Å². The Hall–Kier alpha value is -1.01. The Labute approximate surface area is 107 Å². The Morgan fingerprint density at radius 3 is 2.89 bits per heavy atom. The van der Waals surface area contributed by atoms with Crippen molar-refractivity contribution < 1.29 is 9.13 Å². The average Bonchev–Trinajstić information content (AvgIpc) is 2.28. The third-order valence-corrected chi connectivity index (χ3v) is 3.27. The fourth-order valence-corrected chi connectivity index (χ4v) is 2.38. The second-order valence-electron chi connectivity index (χ2n) is 4.88. The largest absolute Gasteiger partial charge is 0.374 e. The molecule has 100 valence electrons. The molecule has 4 nitrogen and oxygen atoms in total. The average molecular weight is 253 g/mol. The lowest BCUT2D eigenvalue weighted by Gasteiger charge is -2.35. The lowest BCUT2D eigenvalue weighted by Crippen LogP contribution is -2.48. The van der Waals surface area contributed by atoms with Crippen LogP contribution in [0.5, 0.6) is 0 Å². The summed E-state index contributed by atoms with van der Waals surface area (Å²) in [6.45, 7) is 4.24. The molecule has 0 aliphatic carbocycles. The summed E-state index contributed by atoms with van der Waals surface area (Å²) < 4.78 is 19.2. The summed E-state index contributed by atoms with van der Waals surface area (Å²) in [6.07, 6.45) is -0.0602. The first-order valence-corrected chi connectivity index (χ1v) is 6.13. The third-order valence-electron chi connectivity index (χ3n) is 3.27. The van der Waals surface area contributed by atoms with E-state index in [4.69, 9.17) is 10.6 Å². The number of likely N-dealkylation sites (N-methyl/N-ethyl adjacent to an activating group) is 1. The van der Waals surface area contributed by atoms with Crippen LogP contribution in [0.4, 0.5) is 4.39 Å². The number of aryl methyl sites for hydroxylation is 1. The molecule has 1 aliphatic heterocycles. The molecule has 1 heterocycles. The van der Waals surface area contributed by atoms with Crippen LogP contribution in [-0.2, 0) is 4.74 Å². The zero-order valence-electron chi connectivity index (χ0n) is 10.8. The number of morpholine rings is 1. The zero-order valence-corrected chi connectivity index (χ0v) is 10.8. The number of benzene rings is 1. The van der Waals surface area contributed by atoms with E-state index < -0.39 is 0 Å². The van der Waals surface area contributed by atoms with Gasteiger partial charge in [-0.2, -0.15) is 0 Å². The molecule has 2 rings (SSSR count). The number of rotatable bonds is 3. The van der Waals surface area contributed by atoms with Gasteiger partial charge in [-0.25, -0.2) is 4.39 Å². The monoisotopic (exact) mass is 253 g/mol. The third kappa shape index (κ3) is 3.05. The fraction of sp³-hybridized carbons (Fsp3) is 0.538. The van der Waals surface area contributed by atoms with Gasteiger partial charge in [0.2, 0.25) is 0 Å². The van der Waals surface area contributed by atoms with E-state index in [0.29, 0.717) is 6.61 Å². The van der Waals surface area contributed by atoms with E-state index in [1.54, 1.807) is 0 Å². The van der Waals surface area contributed by atoms with E-state index in [1.807, 2.05) is 20.0 Å². The number of halogens is 1. The molecule has 0 bridgehead atoms. The first-order chi connectivity index (χ1) is 8.60. The van der Waals surface area contributed by atoms with E-state index in [1.165, 1.54) is 12.1 Å². The summed E-state index contributed by atoms with van der Waals surface area (Å²) in [4.78, 5) is 2.19. The Morgan fingerprint density at radius 2 is 2.28 bits per heavy atom. The SMILES string of the molecule is Cc1cc(F)cc(C(NN)C2CN(C)CCO2)c1. The predicted octanol–water partition coefficient (Wildman–Crippen LogP) is 0.969. The van der Waals surface area contributed by atoms with E-state index >= 15 is 0 Å². The maximum Gasteiger partial charge on any atom is 0.123 e. The van der Waals surface area contributed by atoms with Gasteiger partial charge in [-0.15, -0.1) is 0 Å². The van der Waals surface area contributed by atoms with Gasteiger partial charge in [0.25, 0.3) is 0 Å². The van der Waals surface area contributed by atoms with Crippen molar-refractivity contribution in [1.29, 1.82) is 0 Å². The smallest absolute Gasteiger partial charge is 0.123 e. The summed E-state index contributed by atoms with van der Waals surface area (Å²) >= 11 is 0. The van der Waals surface area contributed by atoms with Crippen LogP contribution in [0.3, 0.4) is 0 Å².